The molecule has 0 spiro atoms. The molecular weight excluding hydrogens is 382 g/mol. The van der Waals surface area contributed by atoms with E-state index in [1.54, 1.807) is 45.9 Å². The van der Waals surface area contributed by atoms with Crippen molar-refractivity contribution in [2.75, 3.05) is 27.9 Å². The molecule has 1 atom stereocenters. The molecule has 28 heavy (non-hydrogen) atoms. The first-order valence-electron chi connectivity index (χ1n) is 8.61. The second-order valence-electron chi connectivity index (χ2n) is 5.91. The van der Waals surface area contributed by atoms with E-state index in [1.165, 1.54) is 0 Å². The molecule has 1 unspecified atom stereocenters. The number of pyridine rings is 1. The minimum absolute atomic E-state index is 0. The number of hydrogen-bond acceptors (Lipinski definition) is 6. The fourth-order valence-electron chi connectivity index (χ4n) is 3.09. The molecule has 0 bridgehead atoms. The smallest absolute Gasteiger partial charge is 0.203 e. The minimum Gasteiger partial charge on any atom is -0.494 e. The van der Waals surface area contributed by atoms with Gasteiger partial charge in [-0.2, -0.15) is 0 Å². The topological polar surface area (TPSA) is 70.0 Å². The second kappa shape index (κ2) is 9.48. The van der Waals surface area contributed by atoms with Gasteiger partial charge in [0.15, 0.2) is 11.5 Å². The maximum Gasteiger partial charge on any atom is 0.203 e. The Hall–Kier alpha value is -2.70. The summed E-state index contributed by atoms with van der Waals surface area (Å²) in [5.41, 5.74) is 1.30. The standard InChI is InChI=1S/C21H23NO5.ClH/c1-5-27-15-6-7-16-14(8-15)11-22-12-17(16)20(23)13-9-18(24-2)21(26-4)19(10-13)25-3;/h6-12,20,23H,5H2,1-4H3;1H. The van der Waals surface area contributed by atoms with Crippen molar-refractivity contribution in [3.8, 4) is 23.0 Å². The summed E-state index contributed by atoms with van der Waals surface area (Å²) in [5.74, 6) is 2.22. The third-order valence-corrected chi connectivity index (χ3v) is 4.37. The lowest BCUT2D eigenvalue weighted by Crippen LogP contribution is -2.04. The SMILES string of the molecule is CCOc1ccc2c(C(O)c3cc(OC)c(OC)c(OC)c3)cncc2c1.Cl. The largest absolute Gasteiger partial charge is 0.494 e. The maximum atomic E-state index is 11.0. The molecule has 0 radical (unpaired) electrons. The third kappa shape index (κ3) is 4.08. The highest BCUT2D eigenvalue weighted by molar-refractivity contribution is 5.86. The molecule has 3 rings (SSSR count). The number of methoxy groups -OCH3 is 3. The molecule has 1 heterocycles. The number of aliphatic hydroxyl groups excluding tert-OH is 1. The van der Waals surface area contributed by atoms with Crippen molar-refractivity contribution < 1.29 is 24.1 Å². The average molecular weight is 406 g/mol. The molecular formula is C21H24ClNO5. The number of aliphatic hydroxyl groups is 1. The lowest BCUT2D eigenvalue weighted by Gasteiger charge is -2.18. The zero-order chi connectivity index (χ0) is 19.4. The summed E-state index contributed by atoms with van der Waals surface area (Å²) < 4.78 is 21.7. The summed E-state index contributed by atoms with van der Waals surface area (Å²) in [7, 11) is 4.63. The zero-order valence-electron chi connectivity index (χ0n) is 16.3. The van der Waals surface area contributed by atoms with Crippen LogP contribution in [-0.2, 0) is 0 Å². The molecule has 6 nitrogen and oxygen atoms in total. The van der Waals surface area contributed by atoms with Gasteiger partial charge in [0.2, 0.25) is 5.75 Å². The third-order valence-electron chi connectivity index (χ3n) is 4.37. The summed E-state index contributed by atoms with van der Waals surface area (Å²) in [4.78, 5) is 4.28. The molecule has 0 saturated heterocycles. The van der Waals surface area contributed by atoms with E-state index in [0.29, 0.717) is 35.0 Å². The summed E-state index contributed by atoms with van der Waals surface area (Å²) in [5, 5.41) is 12.8. The Morgan fingerprint density at radius 1 is 0.964 bits per heavy atom. The highest BCUT2D eigenvalue weighted by atomic mass is 35.5. The maximum absolute atomic E-state index is 11.0. The Morgan fingerprint density at radius 2 is 1.64 bits per heavy atom. The van der Waals surface area contributed by atoms with Crippen molar-refractivity contribution in [1.82, 2.24) is 4.98 Å². The van der Waals surface area contributed by atoms with Crippen molar-refractivity contribution in [1.29, 1.82) is 0 Å². The first-order chi connectivity index (χ1) is 13.1. The first-order valence-corrected chi connectivity index (χ1v) is 8.61. The highest BCUT2D eigenvalue weighted by Crippen LogP contribution is 2.41. The predicted molar refractivity (Wildman–Crippen MR) is 110 cm³/mol. The molecule has 3 aromatic rings. The van der Waals surface area contributed by atoms with Crippen LogP contribution in [0.2, 0.25) is 0 Å². The van der Waals surface area contributed by atoms with Crippen molar-refractivity contribution in [3.05, 3.63) is 53.9 Å². The van der Waals surface area contributed by atoms with Crippen LogP contribution in [0.4, 0.5) is 0 Å². The molecule has 0 aliphatic rings. The molecule has 2 aromatic carbocycles. The van der Waals surface area contributed by atoms with Crippen LogP contribution >= 0.6 is 12.4 Å². The van der Waals surface area contributed by atoms with Crippen molar-refractivity contribution in [3.63, 3.8) is 0 Å². The Labute approximate surface area is 170 Å². The van der Waals surface area contributed by atoms with Crippen LogP contribution in [0.5, 0.6) is 23.0 Å². The van der Waals surface area contributed by atoms with Crippen LogP contribution < -0.4 is 18.9 Å². The normalized spacial score (nSPS) is 11.5. The number of ether oxygens (including phenoxy) is 4. The molecule has 0 fully saturated rings. The second-order valence-corrected chi connectivity index (χ2v) is 5.91. The highest BCUT2D eigenvalue weighted by Gasteiger charge is 2.20. The van der Waals surface area contributed by atoms with Crippen LogP contribution in [0.1, 0.15) is 24.2 Å². The van der Waals surface area contributed by atoms with Gasteiger partial charge in [-0.1, -0.05) is 6.07 Å². The predicted octanol–water partition coefficient (Wildman–Crippen LogP) is 4.16. The number of nitrogens with zero attached hydrogens (tertiary/aromatic N) is 1. The lowest BCUT2D eigenvalue weighted by molar-refractivity contribution is 0.219. The average Bonchev–Trinajstić information content (AvgIpc) is 2.71. The molecule has 0 aliphatic heterocycles. The fourth-order valence-corrected chi connectivity index (χ4v) is 3.09. The van der Waals surface area contributed by atoms with Gasteiger partial charge < -0.3 is 24.1 Å². The minimum atomic E-state index is -0.909. The number of fused-ring (bicyclic) bond motifs is 1. The monoisotopic (exact) mass is 405 g/mol. The molecule has 0 saturated carbocycles. The van der Waals surface area contributed by atoms with Crippen molar-refractivity contribution in [2.24, 2.45) is 0 Å². The lowest BCUT2D eigenvalue weighted by atomic mass is 9.97. The number of benzene rings is 2. The van der Waals surface area contributed by atoms with Crippen LogP contribution in [-0.4, -0.2) is 38.0 Å². The van der Waals surface area contributed by atoms with Gasteiger partial charge in [0.05, 0.1) is 27.9 Å². The number of hydrogen-bond donors (Lipinski definition) is 1. The van der Waals surface area contributed by atoms with Gasteiger partial charge in [0.25, 0.3) is 0 Å². The van der Waals surface area contributed by atoms with E-state index in [2.05, 4.69) is 4.98 Å². The van der Waals surface area contributed by atoms with Crippen molar-refractivity contribution >= 4 is 23.2 Å². The molecule has 7 heteroatoms. The van der Waals surface area contributed by atoms with Crippen LogP contribution in [0.3, 0.4) is 0 Å². The summed E-state index contributed by atoms with van der Waals surface area (Å²) in [6.45, 7) is 2.53. The van der Waals surface area contributed by atoms with E-state index in [4.69, 9.17) is 18.9 Å². The number of halogens is 1. The quantitative estimate of drug-likeness (QED) is 0.636. The van der Waals surface area contributed by atoms with E-state index >= 15 is 0 Å². The Morgan fingerprint density at radius 3 is 2.21 bits per heavy atom. The Balaban J connectivity index is 0.00000280. The van der Waals surface area contributed by atoms with Gasteiger partial charge in [-0.05, 0) is 42.1 Å². The van der Waals surface area contributed by atoms with E-state index in [0.717, 1.165) is 16.5 Å². The van der Waals surface area contributed by atoms with Gasteiger partial charge in [0, 0.05) is 23.3 Å². The van der Waals surface area contributed by atoms with Gasteiger partial charge >= 0.3 is 0 Å². The number of aromatic nitrogens is 1. The van der Waals surface area contributed by atoms with Crippen LogP contribution in [0, 0.1) is 0 Å². The molecule has 0 aliphatic carbocycles. The van der Waals surface area contributed by atoms with Crippen LogP contribution in [0.25, 0.3) is 10.8 Å². The molecule has 0 amide bonds. The molecule has 1 aromatic heterocycles. The summed E-state index contributed by atoms with van der Waals surface area (Å²) in [6.07, 6.45) is 2.51. The summed E-state index contributed by atoms with van der Waals surface area (Å²) >= 11 is 0. The fraction of sp³-hybridized carbons (Fsp3) is 0.286. The number of rotatable bonds is 7. The Kier molecular flexibility index (Phi) is 7.31. The molecule has 150 valence electrons. The molecule has 1 N–H and O–H groups in total. The van der Waals surface area contributed by atoms with E-state index < -0.39 is 6.10 Å². The zero-order valence-corrected chi connectivity index (χ0v) is 17.1. The van der Waals surface area contributed by atoms with Gasteiger partial charge in [-0.15, -0.1) is 12.4 Å². The first kappa shape index (κ1) is 21.6. The van der Waals surface area contributed by atoms with Gasteiger partial charge in [-0.25, -0.2) is 0 Å². The Bertz CT molecular complexity index is 922. The van der Waals surface area contributed by atoms with Gasteiger partial charge in [0.1, 0.15) is 11.9 Å². The van der Waals surface area contributed by atoms with E-state index in [1.807, 2.05) is 25.1 Å². The van der Waals surface area contributed by atoms with Crippen LogP contribution in [0.15, 0.2) is 42.7 Å². The van der Waals surface area contributed by atoms with Crippen molar-refractivity contribution in [2.45, 2.75) is 13.0 Å². The summed E-state index contributed by atoms with van der Waals surface area (Å²) in [6, 6.07) is 9.20. The van der Waals surface area contributed by atoms with Gasteiger partial charge in [-0.3, -0.25) is 4.98 Å². The van der Waals surface area contributed by atoms with E-state index in [-0.39, 0.29) is 12.4 Å². The van der Waals surface area contributed by atoms with E-state index in [9.17, 15) is 5.11 Å².